The molecule has 1 heterocycles. The minimum Gasteiger partial charge on any atom is -0.506 e. The highest BCUT2D eigenvalue weighted by atomic mass is 32.2. The highest BCUT2D eigenvalue weighted by Gasteiger charge is 2.33. The van der Waals surface area contributed by atoms with Crippen molar-refractivity contribution in [1.29, 1.82) is 0 Å². The van der Waals surface area contributed by atoms with Crippen LogP contribution < -0.4 is 0 Å². The van der Waals surface area contributed by atoms with Gasteiger partial charge < -0.3 is 9.84 Å². The normalized spacial score (nSPS) is 17.1. The number of carbonyl (C=O) groups is 2. The fourth-order valence-electron chi connectivity index (χ4n) is 2.70. The van der Waals surface area contributed by atoms with Gasteiger partial charge in [0, 0.05) is 6.42 Å². The van der Waals surface area contributed by atoms with Crippen LogP contribution in [0.4, 0.5) is 0 Å². The van der Waals surface area contributed by atoms with E-state index in [0.29, 0.717) is 4.91 Å². The van der Waals surface area contributed by atoms with Gasteiger partial charge in [0.2, 0.25) is 5.91 Å². The molecule has 1 amide bonds. The number of fused-ring (bicyclic) bond motifs is 1. The lowest BCUT2D eigenvalue weighted by Gasteiger charge is -2.03. The Kier molecular flexibility index (Phi) is 5.76. The average Bonchev–Trinajstić information content (AvgIpc) is 2.97. The van der Waals surface area contributed by atoms with Gasteiger partial charge in [0.1, 0.15) is 16.4 Å². The molecule has 1 aliphatic rings. The number of esters is 1. The molecule has 1 N–H and O–H groups in total. The second-order valence-electron chi connectivity index (χ2n) is 5.79. The van der Waals surface area contributed by atoms with Crippen molar-refractivity contribution in [2.45, 2.75) is 20.3 Å². The molecule has 0 saturated heterocycles. The summed E-state index contributed by atoms with van der Waals surface area (Å²) in [5.41, 5.74) is 0.837. The molecule has 3 rings (SSSR count). The maximum atomic E-state index is 12.3. The van der Waals surface area contributed by atoms with Crippen molar-refractivity contribution in [2.75, 3.05) is 6.61 Å². The largest absolute Gasteiger partial charge is 0.506 e. The first-order valence-corrected chi connectivity index (χ1v) is 9.46. The lowest BCUT2D eigenvalue weighted by atomic mass is 10.0. The standard InChI is InChI=1S/C21H19NO4S/c1-3-17(23)22-20-18(21(25)26-4-2)19(24)16(27-20)12-14-10-7-9-13-8-5-6-11-15(13)14/h5-12,24H,3-4H2,1-2H3/b16-12-,22-20?. The SMILES string of the molecule is CCOC(=O)C1=C(O)/C(=C/c2cccc3ccccc23)SC1=NC(=O)CC. The van der Waals surface area contributed by atoms with Crippen LogP contribution in [0.25, 0.3) is 16.8 Å². The molecule has 2 aromatic carbocycles. The fourth-order valence-corrected chi connectivity index (χ4v) is 3.72. The second kappa shape index (κ2) is 8.22. The molecule has 1 aliphatic heterocycles. The number of rotatable bonds is 4. The van der Waals surface area contributed by atoms with Crippen LogP contribution in [0.3, 0.4) is 0 Å². The van der Waals surface area contributed by atoms with Gasteiger partial charge in [-0.05, 0) is 29.3 Å². The van der Waals surface area contributed by atoms with Gasteiger partial charge in [-0.2, -0.15) is 0 Å². The van der Waals surface area contributed by atoms with E-state index in [1.807, 2.05) is 42.5 Å². The summed E-state index contributed by atoms with van der Waals surface area (Å²) in [4.78, 5) is 28.5. The van der Waals surface area contributed by atoms with Crippen molar-refractivity contribution in [2.24, 2.45) is 4.99 Å². The van der Waals surface area contributed by atoms with Crippen molar-refractivity contribution in [3.05, 3.63) is 64.3 Å². The molecule has 0 aromatic heterocycles. The van der Waals surface area contributed by atoms with Crippen LogP contribution in [0.15, 0.2) is 63.7 Å². The first kappa shape index (κ1) is 18.9. The summed E-state index contributed by atoms with van der Waals surface area (Å²) in [6.45, 7) is 3.53. The van der Waals surface area contributed by atoms with Gasteiger partial charge in [-0.25, -0.2) is 9.79 Å². The Balaban J connectivity index is 2.10. The first-order valence-electron chi connectivity index (χ1n) is 8.65. The molecular formula is C21H19NO4S. The summed E-state index contributed by atoms with van der Waals surface area (Å²) in [5.74, 6) is -1.26. The number of hydrogen-bond donors (Lipinski definition) is 1. The number of ether oxygens (including phenoxy) is 1. The van der Waals surface area contributed by atoms with Crippen molar-refractivity contribution < 1.29 is 19.4 Å². The number of aliphatic hydroxyl groups excluding tert-OH is 1. The maximum absolute atomic E-state index is 12.3. The van der Waals surface area contributed by atoms with Crippen molar-refractivity contribution in [3.63, 3.8) is 0 Å². The number of thioether (sulfide) groups is 1. The smallest absolute Gasteiger partial charge is 0.344 e. The molecule has 138 valence electrons. The van der Waals surface area contributed by atoms with E-state index in [0.717, 1.165) is 28.1 Å². The van der Waals surface area contributed by atoms with Crippen molar-refractivity contribution in [1.82, 2.24) is 0 Å². The summed E-state index contributed by atoms with van der Waals surface area (Å²) in [6, 6.07) is 13.8. The van der Waals surface area contributed by atoms with Gasteiger partial charge in [-0.3, -0.25) is 4.79 Å². The highest BCUT2D eigenvalue weighted by Crippen LogP contribution is 2.39. The Morgan fingerprint density at radius 2 is 1.89 bits per heavy atom. The summed E-state index contributed by atoms with van der Waals surface area (Å²) < 4.78 is 5.02. The zero-order valence-electron chi connectivity index (χ0n) is 15.1. The molecule has 5 nitrogen and oxygen atoms in total. The molecule has 0 atom stereocenters. The highest BCUT2D eigenvalue weighted by molar-refractivity contribution is 8.18. The monoisotopic (exact) mass is 381 g/mol. The molecule has 0 fully saturated rings. The van der Waals surface area contributed by atoms with Gasteiger partial charge in [-0.1, -0.05) is 61.2 Å². The lowest BCUT2D eigenvalue weighted by Crippen LogP contribution is -2.14. The van der Waals surface area contributed by atoms with Crippen LogP contribution in [0.5, 0.6) is 0 Å². The number of nitrogens with zero attached hydrogens (tertiary/aromatic N) is 1. The lowest BCUT2D eigenvalue weighted by molar-refractivity contribution is -0.138. The minimum atomic E-state index is -0.688. The van der Waals surface area contributed by atoms with Gasteiger partial charge >= 0.3 is 5.97 Å². The third kappa shape index (κ3) is 3.95. The van der Waals surface area contributed by atoms with Gasteiger partial charge in [0.05, 0.1) is 11.5 Å². The number of benzene rings is 2. The molecular weight excluding hydrogens is 362 g/mol. The summed E-state index contributed by atoms with van der Waals surface area (Å²) in [6.07, 6.45) is 2.00. The number of aliphatic imine (C=N–C) groups is 1. The summed E-state index contributed by atoms with van der Waals surface area (Å²) in [5, 5.41) is 12.9. The number of aliphatic hydroxyl groups is 1. The topological polar surface area (TPSA) is 76.0 Å². The third-order valence-corrected chi connectivity index (χ3v) is 5.03. The minimum absolute atomic E-state index is 0.0601. The molecule has 0 aliphatic carbocycles. The van der Waals surface area contributed by atoms with E-state index in [9.17, 15) is 14.7 Å². The van der Waals surface area contributed by atoms with Gasteiger partial charge in [0.25, 0.3) is 0 Å². The molecule has 27 heavy (non-hydrogen) atoms. The number of carbonyl (C=O) groups excluding carboxylic acids is 2. The molecule has 0 bridgehead atoms. The van der Waals surface area contributed by atoms with E-state index < -0.39 is 5.97 Å². The predicted molar refractivity (Wildman–Crippen MR) is 109 cm³/mol. The fraction of sp³-hybridized carbons (Fsp3) is 0.190. The van der Waals surface area contributed by atoms with Crippen LogP contribution in [0, 0.1) is 0 Å². The quantitative estimate of drug-likeness (QED) is 0.781. The Morgan fingerprint density at radius 1 is 1.15 bits per heavy atom. The van der Waals surface area contributed by atoms with Crippen LogP contribution in [-0.2, 0) is 14.3 Å². The summed E-state index contributed by atoms with van der Waals surface area (Å²) in [7, 11) is 0. The molecule has 2 aromatic rings. The van der Waals surface area contributed by atoms with E-state index in [1.165, 1.54) is 0 Å². The Morgan fingerprint density at radius 3 is 2.63 bits per heavy atom. The predicted octanol–water partition coefficient (Wildman–Crippen LogP) is 4.64. The number of amides is 1. The molecule has 6 heteroatoms. The maximum Gasteiger partial charge on any atom is 0.344 e. The Hall–Kier alpha value is -2.86. The molecule has 0 radical (unpaired) electrons. The zero-order valence-corrected chi connectivity index (χ0v) is 15.9. The zero-order chi connectivity index (χ0) is 19.4. The first-order chi connectivity index (χ1) is 13.0. The molecule has 0 spiro atoms. The van der Waals surface area contributed by atoms with E-state index >= 15 is 0 Å². The Labute approximate surface area is 161 Å². The number of hydrogen-bond acceptors (Lipinski definition) is 5. The molecule has 0 saturated carbocycles. The van der Waals surface area contributed by atoms with Crippen LogP contribution in [0.1, 0.15) is 25.8 Å². The van der Waals surface area contributed by atoms with Gasteiger partial charge in [0.15, 0.2) is 0 Å². The molecule has 0 unspecified atom stereocenters. The van der Waals surface area contributed by atoms with Gasteiger partial charge in [-0.15, -0.1) is 0 Å². The average molecular weight is 381 g/mol. The van der Waals surface area contributed by atoms with Crippen molar-refractivity contribution in [3.8, 4) is 0 Å². The van der Waals surface area contributed by atoms with Crippen molar-refractivity contribution >= 4 is 45.5 Å². The van der Waals surface area contributed by atoms with E-state index in [1.54, 1.807) is 19.9 Å². The van der Waals surface area contributed by atoms with E-state index in [2.05, 4.69) is 4.99 Å². The van der Waals surface area contributed by atoms with Crippen LogP contribution >= 0.6 is 11.8 Å². The summed E-state index contributed by atoms with van der Waals surface area (Å²) >= 11 is 1.09. The van der Waals surface area contributed by atoms with E-state index in [4.69, 9.17) is 4.74 Å². The third-order valence-electron chi connectivity index (χ3n) is 4.01. The van der Waals surface area contributed by atoms with Crippen LogP contribution in [0.2, 0.25) is 0 Å². The van der Waals surface area contributed by atoms with Crippen LogP contribution in [-0.4, -0.2) is 28.6 Å². The van der Waals surface area contributed by atoms with E-state index in [-0.39, 0.29) is 35.3 Å². The second-order valence-corrected chi connectivity index (χ2v) is 6.82. The Bertz CT molecular complexity index is 999.